The molecule has 1 aromatic heterocycles. The molecule has 136 valence electrons. The largest absolute Gasteiger partial charge is 0.357 e. The highest BCUT2D eigenvalue weighted by Gasteiger charge is 2.22. The van der Waals surface area contributed by atoms with Crippen molar-refractivity contribution in [2.75, 3.05) is 33.2 Å². The van der Waals surface area contributed by atoms with Gasteiger partial charge in [-0.15, -0.1) is 0 Å². The van der Waals surface area contributed by atoms with Crippen LogP contribution in [0.25, 0.3) is 10.9 Å². The standard InChI is InChI=1S/C19H27FN4O/c1-3-7-24-8-6-14(12-24)11-21-19(25)23(2)13-17-10-15-9-16(20)4-5-18(15)22-17/h4-5,9-10,14,22H,3,6-8,11-13H2,1-2H3,(H,21,25). The van der Waals surface area contributed by atoms with Crippen LogP contribution in [-0.2, 0) is 6.54 Å². The van der Waals surface area contributed by atoms with E-state index >= 15 is 0 Å². The summed E-state index contributed by atoms with van der Waals surface area (Å²) in [6.45, 7) is 6.74. The number of urea groups is 1. The number of aromatic amines is 1. The summed E-state index contributed by atoms with van der Waals surface area (Å²) in [5.74, 6) is 0.290. The maximum atomic E-state index is 13.3. The van der Waals surface area contributed by atoms with Gasteiger partial charge in [-0.2, -0.15) is 0 Å². The van der Waals surface area contributed by atoms with Gasteiger partial charge in [0.15, 0.2) is 0 Å². The highest BCUT2D eigenvalue weighted by atomic mass is 19.1. The Bertz CT molecular complexity index is 729. The number of likely N-dealkylation sites (tertiary alicyclic amines) is 1. The Morgan fingerprint density at radius 3 is 3.08 bits per heavy atom. The van der Waals surface area contributed by atoms with E-state index in [1.54, 1.807) is 18.0 Å². The Balaban J connectivity index is 1.48. The second kappa shape index (κ2) is 7.87. The highest BCUT2D eigenvalue weighted by molar-refractivity contribution is 5.80. The summed E-state index contributed by atoms with van der Waals surface area (Å²) in [5, 5.41) is 3.86. The number of fused-ring (bicyclic) bond motifs is 1. The SMILES string of the molecule is CCCN1CCC(CNC(=O)N(C)Cc2cc3cc(F)ccc3[nH]2)C1. The molecule has 0 aliphatic carbocycles. The molecule has 25 heavy (non-hydrogen) atoms. The first kappa shape index (κ1) is 17.7. The summed E-state index contributed by atoms with van der Waals surface area (Å²) in [7, 11) is 1.78. The molecule has 0 radical (unpaired) electrons. The van der Waals surface area contributed by atoms with E-state index in [1.165, 1.54) is 18.6 Å². The number of aromatic nitrogens is 1. The van der Waals surface area contributed by atoms with Gasteiger partial charge in [0.25, 0.3) is 0 Å². The third-order valence-electron chi connectivity index (χ3n) is 4.84. The topological polar surface area (TPSA) is 51.4 Å². The quantitative estimate of drug-likeness (QED) is 0.844. The van der Waals surface area contributed by atoms with Gasteiger partial charge in [-0.25, -0.2) is 9.18 Å². The number of nitrogens with one attached hydrogen (secondary N) is 2. The fourth-order valence-corrected chi connectivity index (χ4v) is 3.54. The van der Waals surface area contributed by atoms with Gasteiger partial charge < -0.3 is 20.1 Å². The molecular formula is C19H27FN4O. The van der Waals surface area contributed by atoms with Gasteiger partial charge in [-0.3, -0.25) is 0 Å². The maximum Gasteiger partial charge on any atom is 0.317 e. The van der Waals surface area contributed by atoms with Crippen LogP contribution in [0.1, 0.15) is 25.5 Å². The van der Waals surface area contributed by atoms with Crippen LogP contribution in [0.15, 0.2) is 24.3 Å². The van der Waals surface area contributed by atoms with E-state index in [-0.39, 0.29) is 11.8 Å². The molecule has 1 aromatic carbocycles. The number of carbonyl (C=O) groups is 1. The zero-order chi connectivity index (χ0) is 17.8. The molecule has 0 spiro atoms. The van der Waals surface area contributed by atoms with Crippen molar-refractivity contribution in [1.82, 2.24) is 20.1 Å². The van der Waals surface area contributed by atoms with Gasteiger partial charge in [-0.1, -0.05) is 6.92 Å². The number of H-pyrrole nitrogens is 1. The van der Waals surface area contributed by atoms with Gasteiger partial charge in [0.05, 0.1) is 6.54 Å². The summed E-state index contributed by atoms with van der Waals surface area (Å²) in [6, 6.07) is 6.47. The van der Waals surface area contributed by atoms with E-state index in [2.05, 4.69) is 22.1 Å². The van der Waals surface area contributed by atoms with Gasteiger partial charge in [0.1, 0.15) is 5.82 Å². The van der Waals surface area contributed by atoms with Crippen LogP contribution in [-0.4, -0.2) is 54.0 Å². The van der Waals surface area contributed by atoms with Crippen molar-refractivity contribution in [3.05, 3.63) is 35.8 Å². The molecule has 1 fully saturated rings. The molecule has 6 heteroatoms. The number of halogens is 1. The molecule has 3 rings (SSSR count). The molecule has 1 unspecified atom stereocenters. The Morgan fingerprint density at radius 1 is 1.44 bits per heavy atom. The van der Waals surface area contributed by atoms with Crippen molar-refractivity contribution >= 4 is 16.9 Å². The molecular weight excluding hydrogens is 319 g/mol. The fourth-order valence-electron chi connectivity index (χ4n) is 3.54. The lowest BCUT2D eigenvalue weighted by atomic mass is 10.1. The van der Waals surface area contributed by atoms with Crippen molar-refractivity contribution in [1.29, 1.82) is 0 Å². The lowest BCUT2D eigenvalue weighted by Crippen LogP contribution is -2.39. The second-order valence-electron chi connectivity index (χ2n) is 7.02. The second-order valence-corrected chi connectivity index (χ2v) is 7.02. The third-order valence-corrected chi connectivity index (χ3v) is 4.84. The highest BCUT2D eigenvalue weighted by Crippen LogP contribution is 2.18. The number of hydrogen-bond donors (Lipinski definition) is 2. The average molecular weight is 346 g/mol. The smallest absolute Gasteiger partial charge is 0.317 e. The molecule has 1 aliphatic heterocycles. The number of carbonyl (C=O) groups excluding carboxylic acids is 1. The Hall–Kier alpha value is -2.08. The van der Waals surface area contributed by atoms with E-state index in [0.717, 1.165) is 49.2 Å². The summed E-state index contributed by atoms with van der Waals surface area (Å²) in [4.78, 5) is 19.7. The van der Waals surface area contributed by atoms with Crippen LogP contribution in [0.4, 0.5) is 9.18 Å². The van der Waals surface area contributed by atoms with Crippen LogP contribution < -0.4 is 5.32 Å². The minimum absolute atomic E-state index is 0.0706. The molecule has 2 aromatic rings. The predicted octanol–water partition coefficient (Wildman–Crippen LogP) is 3.18. The zero-order valence-electron chi connectivity index (χ0n) is 15.0. The first-order valence-electron chi connectivity index (χ1n) is 9.03. The number of nitrogens with zero attached hydrogens (tertiary/aromatic N) is 2. The Kier molecular flexibility index (Phi) is 5.58. The Labute approximate surface area is 148 Å². The van der Waals surface area contributed by atoms with Crippen molar-refractivity contribution in [2.24, 2.45) is 5.92 Å². The van der Waals surface area contributed by atoms with E-state index in [1.807, 2.05) is 6.07 Å². The first-order chi connectivity index (χ1) is 12.0. The van der Waals surface area contributed by atoms with Crippen LogP contribution in [0.3, 0.4) is 0 Å². The molecule has 1 aliphatic rings. The van der Waals surface area contributed by atoms with Crippen LogP contribution in [0.5, 0.6) is 0 Å². The van der Waals surface area contributed by atoms with E-state index < -0.39 is 0 Å². The average Bonchev–Trinajstić information content (AvgIpc) is 3.18. The summed E-state index contributed by atoms with van der Waals surface area (Å²) in [6.07, 6.45) is 2.33. The molecule has 1 atom stereocenters. The first-order valence-corrected chi connectivity index (χ1v) is 9.03. The zero-order valence-corrected chi connectivity index (χ0v) is 15.0. The van der Waals surface area contributed by atoms with Crippen molar-refractivity contribution in [3.63, 3.8) is 0 Å². The van der Waals surface area contributed by atoms with Gasteiger partial charge in [0, 0.05) is 36.7 Å². The van der Waals surface area contributed by atoms with Crippen LogP contribution in [0, 0.1) is 11.7 Å². The normalized spacial score (nSPS) is 18.0. The monoisotopic (exact) mass is 346 g/mol. The molecule has 2 amide bonds. The molecule has 1 saturated heterocycles. The molecule has 0 saturated carbocycles. The van der Waals surface area contributed by atoms with Gasteiger partial charge >= 0.3 is 6.03 Å². The molecule has 0 bridgehead atoms. The molecule has 2 N–H and O–H groups in total. The van der Waals surface area contributed by atoms with E-state index in [0.29, 0.717) is 12.5 Å². The van der Waals surface area contributed by atoms with Crippen molar-refractivity contribution in [3.8, 4) is 0 Å². The number of hydrogen-bond acceptors (Lipinski definition) is 2. The third kappa shape index (κ3) is 4.51. The van der Waals surface area contributed by atoms with Crippen molar-refractivity contribution < 1.29 is 9.18 Å². The summed E-state index contributed by atoms with van der Waals surface area (Å²) < 4.78 is 13.3. The van der Waals surface area contributed by atoms with Crippen molar-refractivity contribution in [2.45, 2.75) is 26.3 Å². The molecule has 5 nitrogen and oxygen atoms in total. The minimum Gasteiger partial charge on any atom is -0.357 e. The minimum atomic E-state index is -0.252. The van der Waals surface area contributed by atoms with Gasteiger partial charge in [-0.05, 0) is 56.1 Å². The molecule has 2 heterocycles. The van der Waals surface area contributed by atoms with E-state index in [4.69, 9.17) is 0 Å². The van der Waals surface area contributed by atoms with Gasteiger partial charge in [0.2, 0.25) is 0 Å². The number of rotatable bonds is 6. The van der Waals surface area contributed by atoms with Crippen LogP contribution in [0.2, 0.25) is 0 Å². The maximum absolute atomic E-state index is 13.3. The Morgan fingerprint density at radius 2 is 2.28 bits per heavy atom. The van der Waals surface area contributed by atoms with E-state index in [9.17, 15) is 9.18 Å². The summed E-state index contributed by atoms with van der Waals surface area (Å²) in [5.41, 5.74) is 1.78. The van der Waals surface area contributed by atoms with Crippen LogP contribution >= 0.6 is 0 Å². The number of amides is 2. The predicted molar refractivity (Wildman–Crippen MR) is 98.0 cm³/mol. The lowest BCUT2D eigenvalue weighted by molar-refractivity contribution is 0.204. The lowest BCUT2D eigenvalue weighted by Gasteiger charge is -2.19. The fraction of sp³-hybridized carbons (Fsp3) is 0.526. The number of benzene rings is 1. The summed E-state index contributed by atoms with van der Waals surface area (Å²) >= 11 is 0.